The van der Waals surface area contributed by atoms with Crippen LogP contribution in [0.4, 0.5) is 0 Å². The normalized spacial score (nSPS) is 13.7. The van der Waals surface area contributed by atoms with Crippen LogP contribution in [0.2, 0.25) is 0 Å². The number of hydrogen-bond acceptors (Lipinski definition) is 8. The quantitative estimate of drug-likeness (QED) is 0.568. The predicted molar refractivity (Wildman–Crippen MR) is 127 cm³/mol. The lowest BCUT2D eigenvalue weighted by Crippen LogP contribution is -2.32. The average molecular weight is 467 g/mol. The summed E-state index contributed by atoms with van der Waals surface area (Å²) in [6.45, 7) is 6.22. The minimum Gasteiger partial charge on any atom is -0.506 e. The Balaban J connectivity index is 1.62. The van der Waals surface area contributed by atoms with Gasteiger partial charge in [-0.05, 0) is 63.9 Å². The number of carbonyl (C=O) groups excluding carboxylic acids is 1. The topological polar surface area (TPSA) is 97.1 Å². The molecule has 3 aromatic rings. The largest absolute Gasteiger partial charge is 0.506 e. The van der Waals surface area contributed by atoms with Crippen LogP contribution in [0.15, 0.2) is 41.6 Å². The van der Waals surface area contributed by atoms with Crippen LogP contribution in [-0.4, -0.2) is 51.5 Å². The van der Waals surface area contributed by atoms with Gasteiger partial charge in [-0.2, -0.15) is 5.10 Å². The van der Waals surface area contributed by atoms with Gasteiger partial charge in [0.25, 0.3) is 5.91 Å². The fraction of sp³-hybridized carbons (Fsp3) is 0.333. The van der Waals surface area contributed by atoms with E-state index in [1.807, 2.05) is 32.0 Å². The highest BCUT2D eigenvalue weighted by atomic mass is 32.1. The molecule has 0 saturated carbocycles. The number of hydrazone groups is 1. The molecule has 4 rings (SSSR count). The molecular formula is C24H26N4O4S. The van der Waals surface area contributed by atoms with E-state index in [-0.39, 0.29) is 17.8 Å². The first kappa shape index (κ1) is 22.7. The molecule has 1 aliphatic rings. The minimum atomic E-state index is -0.212. The second kappa shape index (κ2) is 9.58. The summed E-state index contributed by atoms with van der Waals surface area (Å²) >= 11 is 1.21. The predicted octanol–water partition coefficient (Wildman–Crippen LogP) is 4.66. The number of benzene rings is 1. The van der Waals surface area contributed by atoms with Crippen LogP contribution in [0.1, 0.15) is 47.6 Å². The summed E-state index contributed by atoms with van der Waals surface area (Å²) in [5.74, 6) is 1.12. The summed E-state index contributed by atoms with van der Waals surface area (Å²) in [6.07, 6.45) is 3.14. The Morgan fingerprint density at radius 3 is 2.79 bits per heavy atom. The molecule has 9 heteroatoms. The molecule has 0 unspecified atom stereocenters. The third kappa shape index (κ3) is 4.83. The Labute approximate surface area is 196 Å². The zero-order valence-electron chi connectivity index (χ0n) is 19.0. The molecule has 1 aliphatic heterocycles. The number of nitrogens with zero attached hydrogens (tertiary/aromatic N) is 4. The van der Waals surface area contributed by atoms with Crippen LogP contribution < -0.4 is 9.47 Å². The van der Waals surface area contributed by atoms with Crippen LogP contribution >= 0.6 is 11.3 Å². The van der Waals surface area contributed by atoms with Crippen molar-refractivity contribution in [1.82, 2.24) is 15.0 Å². The number of aryl methyl sites for hydroxylation is 1. The summed E-state index contributed by atoms with van der Waals surface area (Å²) in [6, 6.07) is 8.89. The number of methoxy groups -OCH3 is 1. The van der Waals surface area contributed by atoms with E-state index in [0.29, 0.717) is 39.3 Å². The van der Waals surface area contributed by atoms with Gasteiger partial charge in [0.15, 0.2) is 11.5 Å². The van der Waals surface area contributed by atoms with E-state index >= 15 is 0 Å². The van der Waals surface area contributed by atoms with Crippen molar-refractivity contribution in [3.63, 3.8) is 0 Å². The lowest BCUT2D eigenvalue weighted by atomic mass is 10.0. The Hall–Kier alpha value is -3.46. The molecule has 8 nitrogen and oxygen atoms in total. The van der Waals surface area contributed by atoms with E-state index in [2.05, 4.69) is 15.1 Å². The zero-order chi connectivity index (χ0) is 23.5. The zero-order valence-corrected chi connectivity index (χ0v) is 19.8. The Bertz CT molecular complexity index is 1200. The van der Waals surface area contributed by atoms with Crippen molar-refractivity contribution in [3.05, 3.63) is 52.7 Å². The van der Waals surface area contributed by atoms with E-state index in [1.54, 1.807) is 32.4 Å². The number of carbonyl (C=O) groups is 1. The maximum atomic E-state index is 13.3. The summed E-state index contributed by atoms with van der Waals surface area (Å²) < 4.78 is 11.3. The number of aromatic hydroxyl groups is 1. The molecule has 0 saturated heterocycles. The lowest BCUT2D eigenvalue weighted by molar-refractivity contribution is 0.0755. The third-order valence-electron chi connectivity index (χ3n) is 5.10. The summed E-state index contributed by atoms with van der Waals surface area (Å²) in [4.78, 5) is 22.4. The van der Waals surface area contributed by atoms with Gasteiger partial charge in [0.2, 0.25) is 0 Å². The van der Waals surface area contributed by atoms with Crippen molar-refractivity contribution in [3.8, 4) is 28.0 Å². The van der Waals surface area contributed by atoms with E-state index in [0.717, 1.165) is 24.1 Å². The molecule has 0 spiro atoms. The van der Waals surface area contributed by atoms with Crippen molar-refractivity contribution in [1.29, 1.82) is 0 Å². The first-order valence-corrected chi connectivity index (χ1v) is 11.5. The molecule has 0 bridgehead atoms. The van der Waals surface area contributed by atoms with Gasteiger partial charge in [-0.3, -0.25) is 4.79 Å². The first-order chi connectivity index (χ1) is 15.9. The summed E-state index contributed by atoms with van der Waals surface area (Å²) in [5.41, 5.74) is 2.66. The number of hydrogen-bond donors (Lipinski definition) is 1. The van der Waals surface area contributed by atoms with Gasteiger partial charge in [-0.25, -0.2) is 15.0 Å². The van der Waals surface area contributed by atoms with Crippen molar-refractivity contribution in [2.24, 2.45) is 5.10 Å². The first-order valence-electron chi connectivity index (χ1n) is 10.7. The number of thiazole rings is 1. The molecule has 0 atom stereocenters. The summed E-state index contributed by atoms with van der Waals surface area (Å²) in [7, 11) is 1.61. The van der Waals surface area contributed by atoms with E-state index in [4.69, 9.17) is 9.47 Å². The number of ether oxygens (including phenoxy) is 2. The lowest BCUT2D eigenvalue weighted by Gasteiger charge is -2.24. The van der Waals surface area contributed by atoms with Crippen LogP contribution in [0.25, 0.3) is 10.7 Å². The minimum absolute atomic E-state index is 0.00237. The Kier molecular flexibility index (Phi) is 6.60. The van der Waals surface area contributed by atoms with E-state index < -0.39 is 0 Å². The molecule has 1 aromatic carbocycles. The molecule has 2 aromatic heterocycles. The Morgan fingerprint density at radius 1 is 1.24 bits per heavy atom. The highest BCUT2D eigenvalue weighted by molar-refractivity contribution is 7.17. The van der Waals surface area contributed by atoms with Crippen molar-refractivity contribution in [2.45, 2.75) is 39.7 Å². The van der Waals surface area contributed by atoms with Crippen molar-refractivity contribution in [2.75, 3.05) is 13.7 Å². The monoisotopic (exact) mass is 466 g/mol. The van der Waals surface area contributed by atoms with Crippen LogP contribution in [0.5, 0.6) is 17.2 Å². The smallest absolute Gasteiger partial charge is 0.285 e. The second-order valence-corrected chi connectivity index (χ2v) is 8.91. The maximum absolute atomic E-state index is 13.3. The van der Waals surface area contributed by atoms with Gasteiger partial charge in [0.1, 0.15) is 21.3 Å². The van der Waals surface area contributed by atoms with Gasteiger partial charge in [0.05, 0.1) is 24.6 Å². The van der Waals surface area contributed by atoms with Gasteiger partial charge in [-0.1, -0.05) is 0 Å². The SMILES string of the molecule is COc1ccc(C2=NN(C(=O)c3sc(-c4ncccc4O)nc3C)CCC2)cc1OC(C)C. The van der Waals surface area contributed by atoms with E-state index in [1.165, 1.54) is 16.3 Å². The molecule has 1 amide bonds. The molecule has 1 N–H and O–H groups in total. The van der Waals surface area contributed by atoms with Crippen LogP contribution in [0, 0.1) is 6.92 Å². The van der Waals surface area contributed by atoms with E-state index in [9.17, 15) is 9.90 Å². The average Bonchev–Trinajstić information content (AvgIpc) is 3.19. The molecule has 33 heavy (non-hydrogen) atoms. The molecule has 172 valence electrons. The molecule has 0 aliphatic carbocycles. The summed E-state index contributed by atoms with van der Waals surface area (Å²) in [5, 5.41) is 16.8. The van der Waals surface area contributed by atoms with Gasteiger partial charge in [0, 0.05) is 18.3 Å². The van der Waals surface area contributed by atoms with Crippen LogP contribution in [0.3, 0.4) is 0 Å². The Morgan fingerprint density at radius 2 is 2.06 bits per heavy atom. The number of amides is 1. The van der Waals surface area contributed by atoms with Crippen molar-refractivity contribution < 1.29 is 19.4 Å². The highest BCUT2D eigenvalue weighted by Crippen LogP contribution is 2.34. The third-order valence-corrected chi connectivity index (χ3v) is 6.25. The van der Waals surface area contributed by atoms with Gasteiger partial charge < -0.3 is 14.6 Å². The second-order valence-electron chi connectivity index (χ2n) is 7.92. The molecule has 3 heterocycles. The standard InChI is InChI=1S/C24H26N4O4S/c1-14(2)32-20-13-16(9-10-19(20)31-4)17-7-6-12-28(27-17)24(30)22-15(3)26-23(33-22)21-18(29)8-5-11-25-21/h5,8-11,13-14,29H,6-7,12H2,1-4H3. The van der Waals surface area contributed by atoms with Crippen molar-refractivity contribution >= 4 is 23.0 Å². The van der Waals surface area contributed by atoms with Crippen LogP contribution in [-0.2, 0) is 0 Å². The fourth-order valence-corrected chi connectivity index (χ4v) is 4.58. The number of rotatable bonds is 6. The molecule has 0 fully saturated rings. The van der Waals surface area contributed by atoms with Gasteiger partial charge in [-0.15, -0.1) is 11.3 Å². The fourth-order valence-electron chi connectivity index (χ4n) is 3.57. The molecular weight excluding hydrogens is 440 g/mol. The number of aromatic nitrogens is 2. The highest BCUT2D eigenvalue weighted by Gasteiger charge is 2.26. The maximum Gasteiger partial charge on any atom is 0.285 e. The molecule has 0 radical (unpaired) electrons. The van der Waals surface area contributed by atoms with Gasteiger partial charge >= 0.3 is 0 Å². The number of pyridine rings is 1.